The minimum absolute atomic E-state index is 0.927. The Morgan fingerprint density at radius 2 is 0.800 bits per heavy atom. The maximum absolute atomic E-state index is 10.7. The fraction of sp³-hybridized carbons (Fsp3) is 0. The summed E-state index contributed by atoms with van der Waals surface area (Å²) in [4.78, 5) is 0.927. The number of rotatable bonds is 0. The molecule has 0 spiro atoms. The monoisotopic (exact) mass is 736 g/mol. The standard InChI is InChI=1S/F6P.I.2Th/c1-7(2,3,4,5)6;;;/q-1;+1;;. The molecule has 10 heavy (non-hydrogen) atoms. The molecule has 0 atom stereocenters. The molecule has 0 fully saturated rings. The summed E-state index contributed by atoms with van der Waals surface area (Å²) in [5, 5.41) is 0. The van der Waals surface area contributed by atoms with Crippen molar-refractivity contribution in [1.29, 1.82) is 0 Å². The summed E-state index contributed by atoms with van der Waals surface area (Å²) in [6.07, 6.45) is 0. The summed E-state index contributed by atoms with van der Waals surface area (Å²) in [7, 11) is -10.7. The van der Waals surface area contributed by atoms with Gasteiger partial charge in [0.05, 0.1) is 0 Å². The fourth-order valence-electron chi connectivity index (χ4n) is 0. The van der Waals surface area contributed by atoms with Gasteiger partial charge in [0.25, 0.3) is 0 Å². The Morgan fingerprint density at radius 3 is 0.800 bits per heavy atom. The molecule has 0 aromatic carbocycles. The Hall–Kier alpha value is 3.39. The van der Waals surface area contributed by atoms with Gasteiger partial charge in [-0.25, -0.2) is 0 Å². The molecule has 0 bridgehead atoms. The van der Waals surface area contributed by atoms with E-state index in [2.05, 4.69) is 0 Å². The van der Waals surface area contributed by atoms with Gasteiger partial charge in [0.2, 0.25) is 0 Å². The quantitative estimate of drug-likeness (QED) is 0.192. The van der Waals surface area contributed by atoms with Crippen LogP contribution in [0.2, 0.25) is 0 Å². The van der Waals surface area contributed by atoms with Gasteiger partial charge in [-0.2, -0.15) is 0 Å². The summed E-state index contributed by atoms with van der Waals surface area (Å²) >= 11 is 2.79. The fourth-order valence-corrected chi connectivity index (χ4v) is 0. The van der Waals surface area contributed by atoms with Crippen molar-refractivity contribution in [3.8, 4) is 0 Å². The molecule has 0 amide bonds. The van der Waals surface area contributed by atoms with Crippen LogP contribution in [0.3, 0.4) is 0 Å². The van der Waals surface area contributed by atoms with E-state index >= 15 is 0 Å². The first kappa shape index (κ1) is 15.8. The molecule has 0 rings (SSSR count). The first-order chi connectivity index (χ1) is 3.86. The summed E-state index contributed by atoms with van der Waals surface area (Å²) in [5.41, 5.74) is 0. The van der Waals surface area contributed by atoms with Gasteiger partial charge in [0.15, 0.2) is 0 Å². The number of halogens is 7. The van der Waals surface area contributed by atoms with Crippen molar-refractivity contribution in [2.24, 2.45) is 0 Å². The van der Waals surface area contributed by atoms with Crippen molar-refractivity contribution in [3.05, 3.63) is 0 Å². The molecule has 62 valence electrons. The van der Waals surface area contributed by atoms with Crippen LogP contribution in [0.4, 0.5) is 25.2 Å². The second-order valence-corrected chi connectivity index (χ2v) is 56.8. The van der Waals surface area contributed by atoms with Gasteiger partial charge >= 0.3 is 103 Å². The van der Waals surface area contributed by atoms with Crippen LogP contribution in [0.1, 0.15) is 0 Å². The Morgan fingerprint density at radius 1 is 0.800 bits per heavy atom. The van der Waals surface area contributed by atoms with Crippen molar-refractivity contribution < 1.29 is 95.1 Å². The second-order valence-electron chi connectivity index (χ2n) is 1.05. The average molecular weight is 736 g/mol. The van der Waals surface area contributed by atoms with E-state index in [1.54, 1.807) is 0 Å². The SMILES string of the molecule is F[P-](F)(F)(F)(F)F.[Th][I+][Th]. The first-order valence-corrected chi connectivity index (χ1v) is 26.4. The zero-order valence-corrected chi connectivity index (χ0v) is 15.4. The zero-order chi connectivity index (χ0) is 9.12. The predicted molar refractivity (Wildman–Crippen MR) is 13.6 cm³/mol. The van der Waals surface area contributed by atoms with Crippen LogP contribution in [0.15, 0.2) is 0 Å². The van der Waals surface area contributed by atoms with Crippen LogP contribution in [0.5, 0.6) is 0 Å². The van der Waals surface area contributed by atoms with E-state index in [0.29, 0.717) is 0 Å². The molecule has 0 nitrogen and oxygen atoms in total. The second kappa shape index (κ2) is 4.27. The van der Waals surface area contributed by atoms with Gasteiger partial charge in [-0.3, -0.25) is 0 Å². The van der Waals surface area contributed by atoms with Crippen molar-refractivity contribution >= 4 is 7.81 Å². The van der Waals surface area contributed by atoms with E-state index in [0.717, 1.165) is 4.84 Å². The van der Waals surface area contributed by atoms with Gasteiger partial charge in [0, 0.05) is 0 Å². The van der Waals surface area contributed by atoms with Crippen LogP contribution < -0.4 is 4.84 Å². The van der Waals surface area contributed by atoms with E-state index in [4.69, 9.17) is 0 Å². The van der Waals surface area contributed by atoms with E-state index in [1.807, 2.05) is 0 Å². The summed E-state index contributed by atoms with van der Waals surface area (Å²) in [5.74, 6) is 0. The molecule has 0 aliphatic rings. The molecule has 0 saturated heterocycles. The van der Waals surface area contributed by atoms with Gasteiger partial charge in [-0.05, 0) is 0 Å². The molecule has 0 N–H and O–H groups in total. The Bertz CT molecular complexity index is 85.1. The van der Waals surface area contributed by atoms with Crippen molar-refractivity contribution in [1.82, 2.24) is 0 Å². The van der Waals surface area contributed by atoms with E-state index in [-0.39, 0.29) is 0 Å². The van der Waals surface area contributed by atoms with Crippen LogP contribution in [0, 0.1) is 65.1 Å². The molecule has 0 aliphatic heterocycles. The molecule has 0 aliphatic carbocycles. The molecule has 0 radical (unpaired) electrons. The van der Waals surface area contributed by atoms with Crippen LogP contribution in [-0.2, 0) is 0 Å². The third-order valence-corrected chi connectivity index (χ3v) is 0. The minimum atomic E-state index is -10.7. The summed E-state index contributed by atoms with van der Waals surface area (Å²) < 4.78 is 59.2. The van der Waals surface area contributed by atoms with Crippen molar-refractivity contribution in [2.45, 2.75) is 0 Å². The van der Waals surface area contributed by atoms with Crippen LogP contribution in [0.25, 0.3) is 0 Å². The topological polar surface area (TPSA) is 0 Å². The summed E-state index contributed by atoms with van der Waals surface area (Å²) in [6, 6.07) is 0. The van der Waals surface area contributed by atoms with Gasteiger partial charge in [-0.1, -0.05) is 0 Å². The number of hydrogen-bond acceptors (Lipinski definition) is 0. The third-order valence-electron chi connectivity index (χ3n) is 0. The molecular weight excluding hydrogens is 736 g/mol. The van der Waals surface area contributed by atoms with Gasteiger partial charge in [0.1, 0.15) is 0 Å². The molecular formula is F6IPTh2. The molecule has 10 heteroatoms. The van der Waals surface area contributed by atoms with Gasteiger partial charge in [-0.15, -0.1) is 0 Å². The molecule has 0 saturated carbocycles. The van der Waals surface area contributed by atoms with E-state index in [9.17, 15) is 25.2 Å². The Balaban J connectivity index is 0. The Labute approximate surface area is 99.9 Å². The summed E-state index contributed by atoms with van der Waals surface area (Å²) in [6.45, 7) is 0. The van der Waals surface area contributed by atoms with Crippen LogP contribution >= 0.6 is 7.81 Å². The van der Waals surface area contributed by atoms with Gasteiger partial charge < -0.3 is 0 Å². The van der Waals surface area contributed by atoms with Crippen LogP contribution in [-0.4, -0.2) is 0 Å². The van der Waals surface area contributed by atoms with E-state index < -0.39 is 7.81 Å². The molecule has 0 heterocycles. The first-order valence-electron chi connectivity index (χ1n) is 1.39. The average Bonchev–Trinajstić information content (AvgIpc) is 1.20. The predicted octanol–water partition coefficient (Wildman–Crippen LogP) is 0.386. The molecule has 0 aromatic rings. The number of hydrogen-bond donors (Lipinski definition) is 0. The normalized spacial score (nSPS) is 18.2. The zero-order valence-electron chi connectivity index (χ0n) is 4.09. The molecule has 0 aromatic heterocycles. The van der Waals surface area contributed by atoms with E-state index in [1.165, 1.54) is 65.1 Å². The Kier molecular flexibility index (Phi) is 6.77. The molecule has 0 unspecified atom stereocenters. The van der Waals surface area contributed by atoms with Crippen molar-refractivity contribution in [3.63, 3.8) is 0 Å². The maximum atomic E-state index is 9.87. The van der Waals surface area contributed by atoms with Crippen molar-refractivity contribution in [2.75, 3.05) is 0 Å². The third kappa shape index (κ3) is 107.